The van der Waals surface area contributed by atoms with Crippen LogP contribution in [-0.4, -0.2) is 57.2 Å². The summed E-state index contributed by atoms with van der Waals surface area (Å²) in [7, 11) is 0. The molecule has 0 aliphatic heterocycles. The zero-order valence-electron chi connectivity index (χ0n) is 21.3. The lowest BCUT2D eigenvalue weighted by molar-refractivity contribution is -0.130. The molecular weight excluding hydrogens is 514 g/mol. The third-order valence-corrected chi connectivity index (χ3v) is 6.69. The van der Waals surface area contributed by atoms with Gasteiger partial charge in [0.25, 0.3) is 0 Å². The zero-order valence-corrected chi connectivity index (χ0v) is 22.1. The molecule has 11 heteroatoms. The molecule has 2 atom stereocenters. The molecule has 2 aromatic carbocycles. The van der Waals surface area contributed by atoms with E-state index >= 15 is 0 Å². The van der Waals surface area contributed by atoms with Crippen LogP contribution in [0.3, 0.4) is 0 Å². The fourth-order valence-electron chi connectivity index (χ4n) is 3.85. The van der Waals surface area contributed by atoms with E-state index in [0.29, 0.717) is 17.1 Å². The Labute approximate surface area is 224 Å². The lowest BCUT2D eigenvalue weighted by atomic mass is 10.0. The van der Waals surface area contributed by atoms with Gasteiger partial charge in [-0.25, -0.2) is 8.78 Å². The molecule has 0 aliphatic carbocycles. The number of carbonyl (C=O) groups excluding carboxylic acids is 2. The number of carbonyl (C=O) groups is 2. The molecule has 2 amide bonds. The van der Waals surface area contributed by atoms with Crippen LogP contribution in [0, 0.1) is 18.6 Å². The number of nitrogens with one attached hydrogen (secondary N) is 1. The number of halogens is 2. The molecule has 3 aromatic rings. The molecule has 0 unspecified atom stereocenters. The van der Waals surface area contributed by atoms with E-state index in [1.807, 2.05) is 31.2 Å². The van der Waals surface area contributed by atoms with E-state index in [0.717, 1.165) is 47.5 Å². The summed E-state index contributed by atoms with van der Waals surface area (Å²) in [4.78, 5) is 26.8. The molecule has 0 bridgehead atoms. The van der Waals surface area contributed by atoms with Gasteiger partial charge in [-0.15, -0.1) is 11.8 Å². The number of nitrogens with two attached hydrogens (primary N) is 1. The van der Waals surface area contributed by atoms with Crippen molar-refractivity contribution in [1.82, 2.24) is 10.1 Å². The third-order valence-electron chi connectivity index (χ3n) is 5.78. The van der Waals surface area contributed by atoms with Gasteiger partial charge in [0.15, 0.2) is 5.82 Å². The Hall–Kier alpha value is -3.28. The van der Waals surface area contributed by atoms with Crippen LogP contribution in [-0.2, 0) is 29.0 Å². The van der Waals surface area contributed by atoms with Gasteiger partial charge in [-0.05, 0) is 48.6 Å². The van der Waals surface area contributed by atoms with Crippen molar-refractivity contribution in [2.45, 2.75) is 45.4 Å². The first-order valence-electron chi connectivity index (χ1n) is 12.2. The van der Waals surface area contributed by atoms with E-state index in [1.165, 1.54) is 4.90 Å². The van der Waals surface area contributed by atoms with Gasteiger partial charge in [0.2, 0.25) is 11.8 Å². The van der Waals surface area contributed by atoms with Gasteiger partial charge < -0.3 is 25.6 Å². The Kier molecular flexibility index (Phi) is 10.8. The third kappa shape index (κ3) is 9.23. The molecule has 0 saturated carbocycles. The Morgan fingerprint density at radius 1 is 1.11 bits per heavy atom. The minimum absolute atomic E-state index is 0.00417. The zero-order chi connectivity index (χ0) is 27.7. The predicted octanol–water partition coefficient (Wildman–Crippen LogP) is 3.46. The van der Waals surface area contributed by atoms with Gasteiger partial charge in [-0.2, -0.15) is 0 Å². The van der Waals surface area contributed by atoms with Gasteiger partial charge in [0.05, 0.1) is 17.6 Å². The topological polar surface area (TPSA) is 122 Å². The van der Waals surface area contributed by atoms with Crippen LogP contribution < -0.4 is 11.1 Å². The predicted molar refractivity (Wildman–Crippen MR) is 142 cm³/mol. The Morgan fingerprint density at radius 3 is 2.47 bits per heavy atom. The highest BCUT2D eigenvalue weighted by atomic mass is 32.2. The SMILES string of the molecule is CCc1cccc(CN(C[C@@H](O)[C@@H](N)Cc2cc(F)cc(F)c2)C(=O)CSCC(=O)Nc2cc(C)on2)c1. The first-order chi connectivity index (χ1) is 18.1. The summed E-state index contributed by atoms with van der Waals surface area (Å²) in [5.41, 5.74) is 8.45. The van der Waals surface area contributed by atoms with Crippen LogP contribution in [0.15, 0.2) is 53.1 Å². The van der Waals surface area contributed by atoms with Crippen LogP contribution in [0.1, 0.15) is 29.4 Å². The highest BCUT2D eigenvalue weighted by molar-refractivity contribution is 8.00. The molecule has 4 N–H and O–H groups in total. The summed E-state index contributed by atoms with van der Waals surface area (Å²) < 4.78 is 32.0. The van der Waals surface area contributed by atoms with Crippen molar-refractivity contribution in [3.8, 4) is 0 Å². The van der Waals surface area contributed by atoms with Gasteiger partial charge in [-0.1, -0.05) is 36.3 Å². The Bertz CT molecular complexity index is 1220. The molecule has 8 nitrogen and oxygen atoms in total. The summed E-state index contributed by atoms with van der Waals surface area (Å²) in [5.74, 6) is -1.20. The van der Waals surface area contributed by atoms with Crippen molar-refractivity contribution in [3.05, 3.63) is 82.6 Å². The largest absolute Gasteiger partial charge is 0.390 e. The number of aryl methyl sites for hydroxylation is 2. The first kappa shape index (κ1) is 29.3. The number of aliphatic hydroxyl groups is 1. The first-order valence-corrected chi connectivity index (χ1v) is 13.3. The maximum atomic E-state index is 13.6. The molecule has 3 rings (SSSR count). The average Bonchev–Trinajstić information content (AvgIpc) is 3.27. The van der Waals surface area contributed by atoms with Crippen molar-refractivity contribution in [2.24, 2.45) is 5.73 Å². The van der Waals surface area contributed by atoms with Crippen molar-refractivity contribution < 1.29 is 28.0 Å². The molecule has 0 fully saturated rings. The van der Waals surface area contributed by atoms with Crippen LogP contribution in [0.4, 0.5) is 14.6 Å². The normalized spacial score (nSPS) is 12.7. The second-order valence-corrected chi connectivity index (χ2v) is 10.0. The van der Waals surface area contributed by atoms with E-state index in [-0.39, 0.29) is 42.8 Å². The second kappa shape index (κ2) is 14.0. The number of hydrogen-bond acceptors (Lipinski definition) is 7. The van der Waals surface area contributed by atoms with Crippen LogP contribution in [0.25, 0.3) is 0 Å². The van der Waals surface area contributed by atoms with Crippen LogP contribution >= 0.6 is 11.8 Å². The molecule has 0 saturated heterocycles. The summed E-state index contributed by atoms with van der Waals surface area (Å²) in [6.07, 6.45) is -0.293. The lowest BCUT2D eigenvalue weighted by Gasteiger charge is -2.28. The molecule has 204 valence electrons. The van der Waals surface area contributed by atoms with Crippen LogP contribution in [0.2, 0.25) is 0 Å². The highest BCUT2D eigenvalue weighted by Crippen LogP contribution is 2.15. The summed E-state index contributed by atoms with van der Waals surface area (Å²) in [6.45, 7) is 3.88. The number of amides is 2. The monoisotopic (exact) mass is 546 g/mol. The number of aliphatic hydroxyl groups excluding tert-OH is 1. The van der Waals surface area contributed by atoms with Crippen LogP contribution in [0.5, 0.6) is 0 Å². The lowest BCUT2D eigenvalue weighted by Crippen LogP contribution is -2.46. The highest BCUT2D eigenvalue weighted by Gasteiger charge is 2.23. The van der Waals surface area contributed by atoms with Gasteiger partial charge in [0.1, 0.15) is 17.4 Å². The number of nitrogens with zero attached hydrogens (tertiary/aromatic N) is 2. The standard InChI is InChI=1S/C27H32F2N4O4S/c1-3-18-5-4-6-19(8-18)13-33(14-24(34)23(30)11-20-9-21(28)12-22(29)10-20)27(36)16-38-15-26(35)31-25-7-17(2)37-32-25/h4-10,12,23-24,34H,3,11,13-16,30H2,1-2H3,(H,31,32,35)/t23-,24+/m0/s1. The number of hydrogen-bond donors (Lipinski definition) is 3. The number of thioether (sulfide) groups is 1. The van der Waals surface area contributed by atoms with Gasteiger partial charge in [-0.3, -0.25) is 9.59 Å². The summed E-state index contributed by atoms with van der Waals surface area (Å²) in [5, 5.41) is 17.1. The molecule has 1 heterocycles. The fraction of sp³-hybridized carbons (Fsp3) is 0.370. The molecular formula is C27H32F2N4O4S. The fourth-order valence-corrected chi connectivity index (χ4v) is 4.56. The van der Waals surface area contributed by atoms with E-state index in [1.54, 1.807) is 13.0 Å². The Balaban J connectivity index is 1.63. The number of rotatable bonds is 13. The number of anilines is 1. The molecule has 0 spiro atoms. The maximum Gasteiger partial charge on any atom is 0.235 e. The average molecular weight is 547 g/mol. The van der Waals surface area contributed by atoms with E-state index in [4.69, 9.17) is 10.3 Å². The maximum absolute atomic E-state index is 13.6. The molecule has 0 radical (unpaired) electrons. The van der Waals surface area contributed by atoms with Crippen molar-refractivity contribution in [1.29, 1.82) is 0 Å². The summed E-state index contributed by atoms with van der Waals surface area (Å²) >= 11 is 1.13. The van der Waals surface area contributed by atoms with Crippen molar-refractivity contribution in [2.75, 3.05) is 23.4 Å². The minimum atomic E-state index is -1.15. The summed E-state index contributed by atoms with van der Waals surface area (Å²) in [6, 6.07) is 11.6. The number of aromatic nitrogens is 1. The van der Waals surface area contributed by atoms with E-state index < -0.39 is 23.8 Å². The minimum Gasteiger partial charge on any atom is -0.390 e. The molecule has 1 aromatic heterocycles. The van der Waals surface area contributed by atoms with Crippen molar-refractivity contribution >= 4 is 29.4 Å². The second-order valence-electron chi connectivity index (χ2n) is 9.02. The number of benzene rings is 2. The Morgan fingerprint density at radius 2 is 1.82 bits per heavy atom. The molecule has 38 heavy (non-hydrogen) atoms. The quantitative estimate of drug-likeness (QED) is 0.300. The van der Waals surface area contributed by atoms with Crippen molar-refractivity contribution in [3.63, 3.8) is 0 Å². The van der Waals surface area contributed by atoms with E-state index in [2.05, 4.69) is 10.5 Å². The van der Waals surface area contributed by atoms with Gasteiger partial charge in [0, 0.05) is 31.3 Å². The van der Waals surface area contributed by atoms with Gasteiger partial charge >= 0.3 is 0 Å². The smallest absolute Gasteiger partial charge is 0.235 e. The van der Waals surface area contributed by atoms with E-state index in [9.17, 15) is 23.5 Å². The molecule has 0 aliphatic rings.